The first kappa shape index (κ1) is 20.2. The number of phenols is 1. The number of hydrazone groups is 1. The monoisotopic (exact) mass is 410 g/mol. The van der Waals surface area contributed by atoms with Gasteiger partial charge in [-0.05, 0) is 59.7 Å². The molecule has 2 N–H and O–H groups in total. The molecular formula is C22H19ClN2O4. The van der Waals surface area contributed by atoms with E-state index in [1.54, 1.807) is 37.4 Å². The number of nitrogens with zero attached hydrogens (tertiary/aromatic N) is 1. The fraction of sp³-hybridized carbons (Fsp3) is 0.0909. The highest BCUT2D eigenvalue weighted by Crippen LogP contribution is 2.28. The summed E-state index contributed by atoms with van der Waals surface area (Å²) in [6, 6.07) is 18.7. The molecule has 0 unspecified atom stereocenters. The molecule has 0 bridgehead atoms. The van der Waals surface area contributed by atoms with E-state index in [1.165, 1.54) is 18.3 Å². The second kappa shape index (κ2) is 9.61. The number of hydrogen-bond acceptors (Lipinski definition) is 5. The van der Waals surface area contributed by atoms with Crippen LogP contribution in [0.25, 0.3) is 0 Å². The molecule has 1 amide bonds. The molecule has 0 atom stereocenters. The number of carbonyl (C=O) groups excluding carboxylic acids is 1. The first-order valence-electron chi connectivity index (χ1n) is 8.73. The Labute approximate surface area is 173 Å². The number of halogens is 1. The van der Waals surface area contributed by atoms with Crippen LogP contribution < -0.4 is 14.9 Å². The Bertz CT molecular complexity index is 1020. The van der Waals surface area contributed by atoms with Crippen LogP contribution in [0.2, 0.25) is 5.02 Å². The minimum atomic E-state index is -0.424. The molecular weight excluding hydrogens is 392 g/mol. The molecule has 3 aromatic rings. The fourth-order valence-electron chi connectivity index (χ4n) is 2.50. The van der Waals surface area contributed by atoms with Gasteiger partial charge in [-0.3, -0.25) is 4.79 Å². The van der Waals surface area contributed by atoms with Gasteiger partial charge in [0.2, 0.25) is 0 Å². The summed E-state index contributed by atoms with van der Waals surface area (Å²) in [5.41, 5.74) is 4.43. The quantitative estimate of drug-likeness (QED) is 0.447. The molecule has 148 valence electrons. The Hall–Kier alpha value is -3.51. The van der Waals surface area contributed by atoms with E-state index < -0.39 is 5.91 Å². The van der Waals surface area contributed by atoms with Crippen molar-refractivity contribution in [2.45, 2.75) is 6.61 Å². The zero-order valence-electron chi connectivity index (χ0n) is 15.6. The van der Waals surface area contributed by atoms with E-state index in [0.717, 1.165) is 11.1 Å². The molecule has 0 saturated heterocycles. The first-order chi connectivity index (χ1) is 14.0. The number of methoxy groups -OCH3 is 1. The molecule has 0 aliphatic carbocycles. The smallest absolute Gasteiger partial charge is 0.271 e. The minimum absolute atomic E-state index is 0.0144. The molecule has 0 heterocycles. The van der Waals surface area contributed by atoms with E-state index >= 15 is 0 Å². The largest absolute Gasteiger partial charge is 0.508 e. The van der Waals surface area contributed by atoms with Crippen molar-refractivity contribution < 1.29 is 19.4 Å². The number of aromatic hydroxyl groups is 1. The summed E-state index contributed by atoms with van der Waals surface area (Å²) < 4.78 is 11.2. The van der Waals surface area contributed by atoms with Crippen LogP contribution in [-0.4, -0.2) is 24.3 Å². The lowest BCUT2D eigenvalue weighted by Gasteiger charge is -2.11. The van der Waals surface area contributed by atoms with Gasteiger partial charge in [0.15, 0.2) is 11.5 Å². The lowest BCUT2D eigenvalue weighted by Crippen LogP contribution is -2.17. The molecule has 0 saturated carbocycles. The van der Waals surface area contributed by atoms with Gasteiger partial charge in [0.05, 0.1) is 13.3 Å². The lowest BCUT2D eigenvalue weighted by atomic mass is 10.2. The molecule has 0 spiro atoms. The second-order valence-electron chi connectivity index (χ2n) is 6.07. The SMILES string of the molecule is COc1cc(/C=N\NC(=O)c2cccc(O)c2)ccc1OCc1ccc(Cl)cc1. The minimum Gasteiger partial charge on any atom is -0.508 e. The fourth-order valence-corrected chi connectivity index (χ4v) is 2.63. The number of rotatable bonds is 7. The second-order valence-corrected chi connectivity index (χ2v) is 6.51. The third kappa shape index (κ3) is 5.73. The molecule has 6 nitrogen and oxygen atoms in total. The van der Waals surface area contributed by atoms with E-state index in [4.69, 9.17) is 21.1 Å². The normalized spacial score (nSPS) is 10.7. The van der Waals surface area contributed by atoms with Crippen molar-refractivity contribution in [3.8, 4) is 17.2 Å². The van der Waals surface area contributed by atoms with Crippen LogP contribution in [0.3, 0.4) is 0 Å². The molecule has 0 aliphatic rings. The summed E-state index contributed by atoms with van der Waals surface area (Å²) in [6.45, 7) is 0.376. The topological polar surface area (TPSA) is 80.2 Å². The molecule has 3 aromatic carbocycles. The predicted octanol–water partition coefficient (Wildman–Crippen LogP) is 4.40. The summed E-state index contributed by atoms with van der Waals surface area (Å²) in [7, 11) is 1.55. The van der Waals surface area contributed by atoms with Crippen LogP contribution >= 0.6 is 11.6 Å². The van der Waals surface area contributed by atoms with Gasteiger partial charge in [-0.2, -0.15) is 5.10 Å². The summed E-state index contributed by atoms with van der Waals surface area (Å²) in [5.74, 6) is 0.721. The summed E-state index contributed by atoms with van der Waals surface area (Å²) in [4.78, 5) is 12.0. The van der Waals surface area contributed by atoms with Crippen molar-refractivity contribution in [2.75, 3.05) is 7.11 Å². The number of nitrogens with one attached hydrogen (secondary N) is 1. The highest BCUT2D eigenvalue weighted by molar-refractivity contribution is 6.30. The summed E-state index contributed by atoms with van der Waals surface area (Å²) in [5, 5.41) is 14.0. The number of amides is 1. The van der Waals surface area contributed by atoms with E-state index in [9.17, 15) is 9.90 Å². The number of benzene rings is 3. The Morgan fingerprint density at radius 2 is 1.90 bits per heavy atom. The van der Waals surface area contributed by atoms with E-state index in [-0.39, 0.29) is 5.75 Å². The van der Waals surface area contributed by atoms with Gasteiger partial charge in [-0.25, -0.2) is 5.43 Å². The molecule has 0 radical (unpaired) electrons. The van der Waals surface area contributed by atoms with Crippen molar-refractivity contribution in [3.05, 3.63) is 88.4 Å². The van der Waals surface area contributed by atoms with Crippen LogP contribution in [0.5, 0.6) is 17.2 Å². The maximum absolute atomic E-state index is 12.0. The number of carbonyl (C=O) groups is 1. The summed E-state index contributed by atoms with van der Waals surface area (Å²) >= 11 is 5.89. The Morgan fingerprint density at radius 3 is 2.62 bits per heavy atom. The average molecular weight is 411 g/mol. The van der Waals surface area contributed by atoms with Crippen LogP contribution in [0.1, 0.15) is 21.5 Å². The van der Waals surface area contributed by atoms with Gasteiger partial charge in [-0.1, -0.05) is 29.8 Å². The zero-order chi connectivity index (χ0) is 20.6. The molecule has 0 aliphatic heterocycles. The van der Waals surface area contributed by atoms with Crippen molar-refractivity contribution >= 4 is 23.7 Å². The molecule has 29 heavy (non-hydrogen) atoms. The highest BCUT2D eigenvalue weighted by Gasteiger charge is 2.07. The van der Waals surface area contributed by atoms with Crippen LogP contribution in [0.4, 0.5) is 0 Å². The van der Waals surface area contributed by atoms with Gasteiger partial charge < -0.3 is 14.6 Å². The molecule has 0 fully saturated rings. The standard InChI is InChI=1S/C22H19ClN2O4/c1-28-21-11-16(13-24-25-22(27)17-3-2-4-19(26)12-17)7-10-20(21)29-14-15-5-8-18(23)9-6-15/h2-13,26H,14H2,1H3,(H,25,27)/b24-13-. The van der Waals surface area contributed by atoms with Crippen molar-refractivity contribution in [1.82, 2.24) is 5.43 Å². The van der Waals surface area contributed by atoms with Crippen LogP contribution in [0.15, 0.2) is 71.8 Å². The van der Waals surface area contributed by atoms with E-state index in [1.807, 2.05) is 24.3 Å². The Balaban J connectivity index is 1.62. The van der Waals surface area contributed by atoms with Crippen molar-refractivity contribution in [2.24, 2.45) is 5.10 Å². The predicted molar refractivity (Wildman–Crippen MR) is 112 cm³/mol. The molecule has 7 heteroatoms. The Morgan fingerprint density at radius 1 is 1.10 bits per heavy atom. The molecule has 3 rings (SSSR count). The third-order valence-corrected chi connectivity index (χ3v) is 4.24. The highest BCUT2D eigenvalue weighted by atomic mass is 35.5. The van der Waals surface area contributed by atoms with Gasteiger partial charge in [-0.15, -0.1) is 0 Å². The lowest BCUT2D eigenvalue weighted by molar-refractivity contribution is 0.0954. The summed E-state index contributed by atoms with van der Waals surface area (Å²) in [6.07, 6.45) is 1.49. The van der Waals surface area contributed by atoms with E-state index in [2.05, 4.69) is 10.5 Å². The average Bonchev–Trinajstić information content (AvgIpc) is 2.73. The van der Waals surface area contributed by atoms with Gasteiger partial charge >= 0.3 is 0 Å². The van der Waals surface area contributed by atoms with Crippen LogP contribution in [-0.2, 0) is 6.61 Å². The number of ether oxygens (including phenoxy) is 2. The maximum Gasteiger partial charge on any atom is 0.271 e. The third-order valence-electron chi connectivity index (χ3n) is 3.98. The van der Waals surface area contributed by atoms with Crippen molar-refractivity contribution in [3.63, 3.8) is 0 Å². The van der Waals surface area contributed by atoms with Crippen LogP contribution in [0, 0.1) is 0 Å². The zero-order valence-corrected chi connectivity index (χ0v) is 16.4. The van der Waals surface area contributed by atoms with Gasteiger partial charge in [0, 0.05) is 10.6 Å². The maximum atomic E-state index is 12.0. The van der Waals surface area contributed by atoms with Gasteiger partial charge in [0.1, 0.15) is 12.4 Å². The van der Waals surface area contributed by atoms with E-state index in [0.29, 0.717) is 28.7 Å². The Kier molecular flexibility index (Phi) is 6.71. The molecule has 0 aromatic heterocycles. The van der Waals surface area contributed by atoms with Gasteiger partial charge in [0.25, 0.3) is 5.91 Å². The first-order valence-corrected chi connectivity index (χ1v) is 9.10. The number of phenolic OH excluding ortho intramolecular Hbond substituents is 1. The van der Waals surface area contributed by atoms with Crippen molar-refractivity contribution in [1.29, 1.82) is 0 Å². The number of hydrogen-bond donors (Lipinski definition) is 2.